The Morgan fingerprint density at radius 1 is 1.12 bits per heavy atom. The van der Waals surface area contributed by atoms with Gasteiger partial charge in [0.15, 0.2) is 0 Å². The first-order chi connectivity index (χ1) is 12.6. The molecule has 7 nitrogen and oxygen atoms in total. The van der Waals surface area contributed by atoms with Gasteiger partial charge in [0.2, 0.25) is 0 Å². The molecule has 7 heteroatoms. The van der Waals surface area contributed by atoms with Gasteiger partial charge in [0, 0.05) is 6.42 Å². The molecule has 0 spiro atoms. The molecular formula is C19H24N2O5. The number of urea groups is 1. The second-order valence-corrected chi connectivity index (χ2v) is 5.82. The molecule has 140 valence electrons. The molecule has 0 fully saturated rings. The third-order valence-electron chi connectivity index (χ3n) is 3.89. The van der Waals surface area contributed by atoms with Crippen molar-refractivity contribution in [2.24, 2.45) is 0 Å². The molecule has 1 heterocycles. The largest absolute Gasteiger partial charge is 0.463 e. The summed E-state index contributed by atoms with van der Waals surface area (Å²) < 4.78 is 10.4. The van der Waals surface area contributed by atoms with Gasteiger partial charge in [-0.15, -0.1) is 0 Å². The van der Waals surface area contributed by atoms with Crippen molar-refractivity contribution in [2.45, 2.75) is 39.2 Å². The van der Waals surface area contributed by atoms with Crippen molar-refractivity contribution in [3.05, 3.63) is 47.2 Å². The lowest BCUT2D eigenvalue weighted by Crippen LogP contribution is -2.47. The zero-order valence-electron chi connectivity index (χ0n) is 15.0. The van der Waals surface area contributed by atoms with Crippen molar-refractivity contribution < 1.29 is 23.9 Å². The van der Waals surface area contributed by atoms with Gasteiger partial charge in [-0.3, -0.25) is 4.79 Å². The van der Waals surface area contributed by atoms with Gasteiger partial charge >= 0.3 is 18.0 Å². The van der Waals surface area contributed by atoms with Crippen LogP contribution in [0.1, 0.15) is 44.7 Å². The number of rotatable bonds is 8. The molecule has 1 aliphatic rings. The molecule has 1 aromatic carbocycles. The number of unbranched alkanes of at least 4 members (excludes halogenated alkanes) is 1. The van der Waals surface area contributed by atoms with E-state index in [0.29, 0.717) is 6.42 Å². The van der Waals surface area contributed by atoms with E-state index in [1.807, 2.05) is 25.1 Å². The number of esters is 2. The Morgan fingerprint density at radius 3 is 2.50 bits per heavy atom. The summed E-state index contributed by atoms with van der Waals surface area (Å²) in [6.07, 6.45) is 1.90. The quantitative estimate of drug-likeness (QED) is 0.695. The van der Waals surface area contributed by atoms with Crippen LogP contribution in [0.5, 0.6) is 0 Å². The van der Waals surface area contributed by atoms with E-state index in [4.69, 9.17) is 9.47 Å². The standard InChI is InChI=1S/C19H24N2O5/c1-3-5-11-15(22)26-12-14-16(18(23)25-4-2)17(21-19(24)20-14)13-9-7-6-8-10-13/h6-10,17H,3-5,11-12H2,1-2H3,(H2,20,21,24). The van der Waals surface area contributed by atoms with Crippen LogP contribution >= 0.6 is 0 Å². The van der Waals surface area contributed by atoms with Gasteiger partial charge in [-0.1, -0.05) is 43.7 Å². The summed E-state index contributed by atoms with van der Waals surface area (Å²) in [7, 11) is 0. The smallest absolute Gasteiger partial charge is 0.338 e. The summed E-state index contributed by atoms with van der Waals surface area (Å²) in [5.74, 6) is -0.930. The van der Waals surface area contributed by atoms with Gasteiger partial charge in [-0.2, -0.15) is 0 Å². The zero-order chi connectivity index (χ0) is 18.9. The van der Waals surface area contributed by atoms with E-state index in [-0.39, 0.29) is 30.5 Å². The van der Waals surface area contributed by atoms with Crippen molar-refractivity contribution >= 4 is 18.0 Å². The lowest BCUT2D eigenvalue weighted by molar-refractivity contribution is -0.143. The maximum Gasteiger partial charge on any atom is 0.338 e. The van der Waals surface area contributed by atoms with E-state index >= 15 is 0 Å². The van der Waals surface area contributed by atoms with Crippen LogP contribution in [0.4, 0.5) is 4.79 Å². The Morgan fingerprint density at radius 2 is 1.85 bits per heavy atom. The van der Waals surface area contributed by atoms with E-state index in [1.54, 1.807) is 19.1 Å². The molecule has 0 aromatic heterocycles. The SMILES string of the molecule is CCCCC(=O)OCC1=C(C(=O)OCC)C(c2ccccc2)NC(=O)N1. The highest BCUT2D eigenvalue weighted by Gasteiger charge is 2.34. The second-order valence-electron chi connectivity index (χ2n) is 5.82. The fourth-order valence-electron chi connectivity index (χ4n) is 2.62. The maximum absolute atomic E-state index is 12.5. The Bertz CT molecular complexity index is 684. The number of ether oxygens (including phenoxy) is 2. The molecule has 0 aliphatic carbocycles. The molecule has 0 saturated heterocycles. The van der Waals surface area contributed by atoms with Gasteiger partial charge in [-0.25, -0.2) is 9.59 Å². The lowest BCUT2D eigenvalue weighted by Gasteiger charge is -2.29. The predicted octanol–water partition coefficient (Wildman–Crippen LogP) is 2.59. The number of amides is 2. The van der Waals surface area contributed by atoms with Gasteiger partial charge in [-0.05, 0) is 18.9 Å². The van der Waals surface area contributed by atoms with Crippen molar-refractivity contribution in [3.63, 3.8) is 0 Å². The molecule has 26 heavy (non-hydrogen) atoms. The summed E-state index contributed by atoms with van der Waals surface area (Å²) in [5.41, 5.74) is 1.21. The van der Waals surface area contributed by atoms with E-state index in [2.05, 4.69) is 10.6 Å². The molecule has 2 rings (SSSR count). The van der Waals surface area contributed by atoms with Crippen molar-refractivity contribution in [3.8, 4) is 0 Å². The van der Waals surface area contributed by atoms with E-state index < -0.39 is 18.0 Å². The Kier molecular flexibility index (Phi) is 7.20. The Labute approximate surface area is 152 Å². The lowest BCUT2D eigenvalue weighted by atomic mass is 9.95. The van der Waals surface area contributed by atoms with Crippen LogP contribution in [0.15, 0.2) is 41.6 Å². The number of carbonyl (C=O) groups excluding carboxylic acids is 3. The third-order valence-corrected chi connectivity index (χ3v) is 3.89. The van der Waals surface area contributed by atoms with E-state index in [1.165, 1.54) is 0 Å². The molecule has 2 amide bonds. The summed E-state index contributed by atoms with van der Waals surface area (Å²) >= 11 is 0. The molecule has 0 radical (unpaired) electrons. The molecule has 0 bridgehead atoms. The minimum absolute atomic E-state index is 0.187. The average molecular weight is 360 g/mol. The Balaban J connectivity index is 2.30. The van der Waals surface area contributed by atoms with Crippen LogP contribution in [-0.4, -0.2) is 31.2 Å². The number of carbonyl (C=O) groups is 3. The molecule has 1 aromatic rings. The molecule has 1 atom stereocenters. The fourth-order valence-corrected chi connectivity index (χ4v) is 2.62. The van der Waals surface area contributed by atoms with Crippen molar-refractivity contribution in [1.82, 2.24) is 10.6 Å². The molecule has 1 unspecified atom stereocenters. The average Bonchev–Trinajstić information content (AvgIpc) is 2.65. The van der Waals surface area contributed by atoms with Gasteiger partial charge < -0.3 is 20.1 Å². The third kappa shape index (κ3) is 5.08. The molecular weight excluding hydrogens is 336 g/mol. The monoisotopic (exact) mass is 360 g/mol. The maximum atomic E-state index is 12.5. The van der Waals surface area contributed by atoms with Gasteiger partial charge in [0.25, 0.3) is 0 Å². The first-order valence-corrected chi connectivity index (χ1v) is 8.75. The molecule has 2 N–H and O–H groups in total. The molecule has 0 saturated carbocycles. The number of nitrogens with one attached hydrogen (secondary N) is 2. The topological polar surface area (TPSA) is 93.7 Å². The van der Waals surface area contributed by atoms with Crippen LogP contribution < -0.4 is 10.6 Å². The van der Waals surface area contributed by atoms with Crippen LogP contribution in [0, 0.1) is 0 Å². The van der Waals surface area contributed by atoms with Gasteiger partial charge in [0.1, 0.15) is 6.61 Å². The van der Waals surface area contributed by atoms with Crippen LogP contribution in [0.2, 0.25) is 0 Å². The van der Waals surface area contributed by atoms with Gasteiger partial charge in [0.05, 0.1) is 23.9 Å². The highest BCUT2D eigenvalue weighted by molar-refractivity contribution is 5.95. The summed E-state index contributed by atoms with van der Waals surface area (Å²) in [5, 5.41) is 5.29. The summed E-state index contributed by atoms with van der Waals surface area (Å²) in [6.45, 7) is 3.69. The molecule has 1 aliphatic heterocycles. The highest BCUT2D eigenvalue weighted by Crippen LogP contribution is 2.27. The number of benzene rings is 1. The zero-order valence-corrected chi connectivity index (χ0v) is 15.0. The first kappa shape index (κ1) is 19.5. The van der Waals surface area contributed by atoms with Crippen molar-refractivity contribution in [2.75, 3.05) is 13.2 Å². The van der Waals surface area contributed by atoms with Crippen molar-refractivity contribution in [1.29, 1.82) is 0 Å². The van der Waals surface area contributed by atoms with Crippen LogP contribution in [-0.2, 0) is 19.1 Å². The fraction of sp³-hybridized carbons (Fsp3) is 0.421. The minimum atomic E-state index is -0.673. The van der Waals surface area contributed by atoms with E-state index in [0.717, 1.165) is 18.4 Å². The normalized spacial score (nSPS) is 16.5. The minimum Gasteiger partial charge on any atom is -0.463 e. The first-order valence-electron chi connectivity index (χ1n) is 8.75. The van der Waals surface area contributed by atoms with Crippen LogP contribution in [0.3, 0.4) is 0 Å². The Hall–Kier alpha value is -2.83. The van der Waals surface area contributed by atoms with Crippen LogP contribution in [0.25, 0.3) is 0 Å². The second kappa shape index (κ2) is 9.60. The summed E-state index contributed by atoms with van der Waals surface area (Å²) in [4.78, 5) is 36.3. The number of hydrogen-bond donors (Lipinski definition) is 2. The number of hydrogen-bond acceptors (Lipinski definition) is 5. The summed E-state index contributed by atoms with van der Waals surface area (Å²) in [6, 6.07) is 7.95. The predicted molar refractivity (Wildman–Crippen MR) is 95.0 cm³/mol. The van der Waals surface area contributed by atoms with E-state index in [9.17, 15) is 14.4 Å². The highest BCUT2D eigenvalue weighted by atomic mass is 16.5.